The summed E-state index contributed by atoms with van der Waals surface area (Å²) in [5.74, 6) is -0.767. The SMILES string of the molecule is O=Cc1cc(Oc2nc3c(F)c(-c4ccc(-c5ccc(CN6CC(COCCO)C6)cc5)cc4)c(F)cc3[nH]2)ccc1Cl. The van der Waals surface area contributed by atoms with Gasteiger partial charge >= 0.3 is 0 Å². The molecule has 0 atom stereocenters. The number of carbonyl (C=O) groups excluding carboxylic acids is 1. The molecule has 1 aromatic heterocycles. The van der Waals surface area contributed by atoms with Crippen molar-refractivity contribution >= 4 is 28.9 Å². The second-order valence-electron chi connectivity index (χ2n) is 10.5. The van der Waals surface area contributed by atoms with Crippen LogP contribution in [0.15, 0.2) is 72.8 Å². The van der Waals surface area contributed by atoms with Crippen LogP contribution < -0.4 is 4.74 Å². The number of nitrogens with zero attached hydrogens (tertiary/aromatic N) is 2. The first-order chi connectivity index (χ1) is 20.9. The molecule has 1 aliphatic heterocycles. The Morgan fingerprint density at radius 3 is 2.40 bits per heavy atom. The molecule has 43 heavy (non-hydrogen) atoms. The summed E-state index contributed by atoms with van der Waals surface area (Å²) in [5, 5.41) is 9.09. The van der Waals surface area contributed by atoms with Crippen LogP contribution in [0.3, 0.4) is 0 Å². The van der Waals surface area contributed by atoms with Gasteiger partial charge in [0.1, 0.15) is 17.1 Å². The Morgan fingerprint density at radius 2 is 1.70 bits per heavy atom. The molecule has 1 aliphatic rings. The number of ether oxygens (including phenoxy) is 2. The fourth-order valence-electron chi connectivity index (χ4n) is 5.27. The zero-order valence-corrected chi connectivity index (χ0v) is 23.8. The molecule has 7 nitrogen and oxygen atoms in total. The van der Waals surface area contributed by atoms with Crippen molar-refractivity contribution in [2.45, 2.75) is 6.54 Å². The number of aldehydes is 1. The molecule has 1 saturated heterocycles. The third-order valence-corrected chi connectivity index (χ3v) is 7.79. The number of benzene rings is 4. The number of rotatable bonds is 11. The minimum Gasteiger partial charge on any atom is -0.426 e. The Morgan fingerprint density at radius 1 is 1.00 bits per heavy atom. The lowest BCUT2D eigenvalue weighted by Crippen LogP contribution is -2.48. The van der Waals surface area contributed by atoms with Gasteiger partial charge in [-0.15, -0.1) is 0 Å². The smallest absolute Gasteiger partial charge is 0.300 e. The number of aromatic nitrogens is 2. The van der Waals surface area contributed by atoms with Crippen LogP contribution >= 0.6 is 11.6 Å². The van der Waals surface area contributed by atoms with E-state index >= 15 is 8.78 Å². The van der Waals surface area contributed by atoms with Gasteiger partial charge in [-0.2, -0.15) is 4.98 Å². The highest BCUT2D eigenvalue weighted by molar-refractivity contribution is 6.33. The summed E-state index contributed by atoms with van der Waals surface area (Å²) in [6.45, 7) is 3.93. The fraction of sp³-hybridized carbons (Fsp3) is 0.212. The molecular weight excluding hydrogens is 576 g/mol. The van der Waals surface area contributed by atoms with Crippen molar-refractivity contribution in [1.82, 2.24) is 14.9 Å². The Labute approximate surface area is 251 Å². The first-order valence-electron chi connectivity index (χ1n) is 13.8. The number of H-pyrrole nitrogens is 1. The molecule has 220 valence electrons. The molecule has 6 rings (SSSR count). The lowest BCUT2D eigenvalue weighted by molar-refractivity contribution is 0.000500. The maximum absolute atomic E-state index is 15.6. The zero-order chi connectivity index (χ0) is 29.9. The van der Waals surface area contributed by atoms with Crippen LogP contribution in [0, 0.1) is 17.6 Å². The van der Waals surface area contributed by atoms with Gasteiger partial charge in [0.05, 0.1) is 35.9 Å². The highest BCUT2D eigenvalue weighted by Crippen LogP contribution is 2.34. The van der Waals surface area contributed by atoms with E-state index in [2.05, 4.69) is 27.0 Å². The molecule has 2 heterocycles. The van der Waals surface area contributed by atoms with Gasteiger partial charge in [0.25, 0.3) is 6.01 Å². The highest BCUT2D eigenvalue weighted by Gasteiger charge is 2.26. The molecule has 1 fully saturated rings. The molecule has 0 radical (unpaired) electrons. The van der Waals surface area contributed by atoms with Gasteiger partial charge in [-0.3, -0.25) is 9.69 Å². The van der Waals surface area contributed by atoms with Crippen molar-refractivity contribution in [2.75, 3.05) is 32.9 Å². The number of hydrogen-bond acceptors (Lipinski definition) is 6. The van der Waals surface area contributed by atoms with Crippen molar-refractivity contribution in [2.24, 2.45) is 5.92 Å². The fourth-order valence-corrected chi connectivity index (χ4v) is 5.44. The van der Waals surface area contributed by atoms with Gasteiger partial charge in [-0.05, 0) is 40.5 Å². The number of aliphatic hydroxyl groups is 1. The summed E-state index contributed by atoms with van der Waals surface area (Å²) < 4.78 is 41.8. The standard InChI is InChI=1S/C33H28ClF2N3O4/c34-27-10-9-26(13-25(27)18-41)43-33-37-29-14-28(35)30(31(36)32(29)38-33)24-7-5-23(6-8-24)22-3-1-20(2-4-22)15-39-16-21(17-39)19-42-12-11-40/h1-10,13-14,18,21,40H,11-12,15-17,19H2,(H,37,38). The summed E-state index contributed by atoms with van der Waals surface area (Å²) in [5.41, 5.74) is 3.63. The molecule has 0 bridgehead atoms. The van der Waals surface area contributed by atoms with E-state index in [1.807, 2.05) is 24.3 Å². The highest BCUT2D eigenvalue weighted by atomic mass is 35.5. The number of imidazole rings is 1. The average Bonchev–Trinajstić information content (AvgIpc) is 3.40. The lowest BCUT2D eigenvalue weighted by atomic mass is 9.97. The predicted molar refractivity (Wildman–Crippen MR) is 160 cm³/mol. The number of likely N-dealkylation sites (tertiary alicyclic amines) is 1. The minimum absolute atomic E-state index is 0.0509. The van der Waals surface area contributed by atoms with Crippen molar-refractivity contribution in [3.8, 4) is 34.0 Å². The Balaban J connectivity index is 1.14. The van der Waals surface area contributed by atoms with Crippen molar-refractivity contribution in [3.63, 3.8) is 0 Å². The maximum atomic E-state index is 15.6. The quantitative estimate of drug-likeness (QED) is 0.126. The van der Waals surface area contributed by atoms with E-state index in [-0.39, 0.29) is 45.5 Å². The van der Waals surface area contributed by atoms with Crippen LogP contribution in [0.25, 0.3) is 33.3 Å². The molecule has 2 N–H and O–H groups in total. The summed E-state index contributed by atoms with van der Waals surface area (Å²) in [6.07, 6.45) is 0.596. The molecule has 0 spiro atoms. The van der Waals surface area contributed by atoms with E-state index in [1.165, 1.54) is 23.8 Å². The third kappa shape index (κ3) is 6.30. The molecular formula is C33H28ClF2N3O4. The van der Waals surface area contributed by atoms with Crippen LogP contribution in [0.4, 0.5) is 8.78 Å². The summed E-state index contributed by atoms with van der Waals surface area (Å²) >= 11 is 5.96. The van der Waals surface area contributed by atoms with Gasteiger partial charge < -0.3 is 19.6 Å². The van der Waals surface area contributed by atoms with Crippen molar-refractivity contribution < 1.29 is 28.2 Å². The Kier molecular flexibility index (Phi) is 8.49. The van der Waals surface area contributed by atoms with Gasteiger partial charge in [0, 0.05) is 37.2 Å². The summed E-state index contributed by atoms with van der Waals surface area (Å²) in [7, 11) is 0. The third-order valence-electron chi connectivity index (χ3n) is 7.45. The van der Waals surface area contributed by atoms with Crippen LogP contribution in [0.5, 0.6) is 11.8 Å². The second-order valence-corrected chi connectivity index (χ2v) is 10.9. The number of aromatic amines is 1. The van der Waals surface area contributed by atoms with Crippen LogP contribution in [0.2, 0.25) is 5.02 Å². The summed E-state index contributed by atoms with van der Waals surface area (Å²) in [6, 6.07) is 20.9. The van der Waals surface area contributed by atoms with E-state index in [0.29, 0.717) is 31.0 Å². The van der Waals surface area contributed by atoms with Crippen molar-refractivity contribution in [1.29, 1.82) is 0 Å². The number of nitrogens with one attached hydrogen (secondary N) is 1. The molecule has 0 amide bonds. The first kappa shape index (κ1) is 28.9. The zero-order valence-electron chi connectivity index (χ0n) is 23.0. The van der Waals surface area contributed by atoms with Gasteiger partial charge in [0.2, 0.25) is 0 Å². The number of carbonyl (C=O) groups is 1. The largest absolute Gasteiger partial charge is 0.426 e. The molecule has 5 aromatic rings. The number of hydrogen-bond donors (Lipinski definition) is 2. The second kappa shape index (κ2) is 12.6. The minimum atomic E-state index is -0.809. The summed E-state index contributed by atoms with van der Waals surface area (Å²) in [4.78, 5) is 20.5. The monoisotopic (exact) mass is 603 g/mol. The topological polar surface area (TPSA) is 87.7 Å². The molecule has 0 saturated carbocycles. The molecule has 10 heteroatoms. The molecule has 0 unspecified atom stereocenters. The Hall–Kier alpha value is -4.15. The van der Waals surface area contributed by atoms with Crippen molar-refractivity contribution in [3.05, 3.63) is 101 Å². The van der Waals surface area contributed by atoms with E-state index in [4.69, 9.17) is 26.2 Å². The molecule has 0 aliphatic carbocycles. The average molecular weight is 604 g/mol. The predicted octanol–water partition coefficient (Wildman–Crippen LogP) is 6.87. The van der Waals surface area contributed by atoms with E-state index < -0.39 is 11.6 Å². The number of halogens is 3. The van der Waals surface area contributed by atoms with E-state index in [0.717, 1.165) is 30.8 Å². The number of fused-ring (bicyclic) bond motifs is 1. The maximum Gasteiger partial charge on any atom is 0.300 e. The molecule has 4 aromatic carbocycles. The normalized spacial score (nSPS) is 13.8. The van der Waals surface area contributed by atoms with E-state index in [1.54, 1.807) is 18.2 Å². The number of aliphatic hydroxyl groups excluding tert-OH is 1. The first-order valence-corrected chi connectivity index (χ1v) is 14.2. The van der Waals surface area contributed by atoms with Crippen LogP contribution in [0.1, 0.15) is 15.9 Å². The van der Waals surface area contributed by atoms with Gasteiger partial charge in [-0.25, -0.2) is 8.78 Å². The Bertz CT molecular complexity index is 1750. The van der Waals surface area contributed by atoms with Gasteiger partial charge in [-0.1, -0.05) is 60.1 Å². The lowest BCUT2D eigenvalue weighted by Gasteiger charge is -2.39. The van der Waals surface area contributed by atoms with Gasteiger partial charge in [0.15, 0.2) is 12.1 Å². The van der Waals surface area contributed by atoms with Crippen LogP contribution in [-0.4, -0.2) is 59.2 Å². The van der Waals surface area contributed by atoms with E-state index in [9.17, 15) is 4.79 Å². The van der Waals surface area contributed by atoms with Crippen LogP contribution in [-0.2, 0) is 11.3 Å².